The van der Waals surface area contributed by atoms with E-state index in [0.717, 1.165) is 11.1 Å². The quantitative estimate of drug-likeness (QED) is 0.0139. The van der Waals surface area contributed by atoms with Crippen LogP contribution in [0.2, 0.25) is 0 Å². The fourth-order valence-corrected chi connectivity index (χ4v) is 16.5. The summed E-state index contributed by atoms with van der Waals surface area (Å²) in [7, 11) is 4.00. The zero-order valence-corrected chi connectivity index (χ0v) is 74.2. The minimum atomic E-state index is -5.20. The minimum absolute atomic E-state index is 0.0101. The summed E-state index contributed by atoms with van der Waals surface area (Å²) >= 11 is 0. The first-order valence-corrected chi connectivity index (χ1v) is 44.0. The van der Waals surface area contributed by atoms with Crippen molar-refractivity contribution >= 4 is 87.8 Å². The van der Waals surface area contributed by atoms with Crippen LogP contribution in [0.5, 0.6) is 5.75 Å². The number of likely N-dealkylation sites (tertiary alicyclic amines) is 1. The Balaban J connectivity index is 0.900. The summed E-state index contributed by atoms with van der Waals surface area (Å²) < 4.78 is 78.2. The highest BCUT2D eigenvalue weighted by Gasteiger charge is 2.49. The first kappa shape index (κ1) is 99.7. The molecule has 34 nitrogen and oxygen atoms in total. The number of hydroxylamine groups is 3. The van der Waals surface area contributed by atoms with Gasteiger partial charge in [-0.15, -0.1) is 4.65 Å². The van der Waals surface area contributed by atoms with Crippen molar-refractivity contribution in [3.05, 3.63) is 149 Å². The summed E-state index contributed by atoms with van der Waals surface area (Å²) in [6.07, 6.45) is 1.31. The van der Waals surface area contributed by atoms with Gasteiger partial charge in [-0.25, -0.2) is 9.18 Å². The summed E-state index contributed by atoms with van der Waals surface area (Å²) in [5.74, 6) is -10.0. The number of methoxy groups -OCH3 is 1. The summed E-state index contributed by atoms with van der Waals surface area (Å²) in [6.45, 7) is 6.36. The number of hydrogen-bond donors (Lipinski definition) is 10. The van der Waals surface area contributed by atoms with Crippen LogP contribution in [-0.4, -0.2) is 290 Å². The summed E-state index contributed by atoms with van der Waals surface area (Å²) in [4.78, 5) is 195. The molecule has 129 heavy (non-hydrogen) atoms. The molecular formula is C91H122F4N15O19+. The second kappa shape index (κ2) is 47.2. The molecule has 4 aromatic carbocycles. The van der Waals surface area contributed by atoms with Crippen molar-refractivity contribution in [2.24, 2.45) is 0 Å². The number of aromatic nitrogens is 1. The molecular weight excluding hydrogens is 1680 g/mol. The van der Waals surface area contributed by atoms with Crippen LogP contribution in [0.25, 0.3) is 10.9 Å². The number of hydrogen-bond acceptors (Lipinski definition) is 20. The van der Waals surface area contributed by atoms with Gasteiger partial charge in [0.1, 0.15) is 80.6 Å². The Labute approximate surface area is 747 Å². The number of aliphatic hydroxyl groups is 1. The van der Waals surface area contributed by atoms with Crippen molar-refractivity contribution in [3.8, 4) is 5.75 Å². The zero-order valence-electron chi connectivity index (χ0n) is 74.2. The van der Waals surface area contributed by atoms with Crippen LogP contribution >= 0.6 is 0 Å². The number of alkyl halides is 3. The number of allylic oxidation sites excluding steroid dienone is 2. The molecule has 0 radical (unpaired) electrons. The lowest BCUT2D eigenvalue weighted by molar-refractivity contribution is -1.06. The van der Waals surface area contributed by atoms with E-state index in [0.29, 0.717) is 104 Å². The lowest BCUT2D eigenvalue weighted by Gasteiger charge is -2.36. The van der Waals surface area contributed by atoms with Gasteiger partial charge in [0.05, 0.1) is 58.2 Å². The van der Waals surface area contributed by atoms with Gasteiger partial charge in [0, 0.05) is 115 Å². The molecule has 0 spiro atoms. The number of quaternary nitrogens is 1. The van der Waals surface area contributed by atoms with Crippen LogP contribution in [0.1, 0.15) is 132 Å². The topological polar surface area (TPSA) is 414 Å². The van der Waals surface area contributed by atoms with E-state index in [1.54, 1.807) is 73.3 Å². The number of carbonyl (C=O) groups excluding carboxylic acids is 13. The monoisotopic (exact) mass is 1800 g/mol. The van der Waals surface area contributed by atoms with E-state index in [4.69, 9.17) is 18.9 Å². The van der Waals surface area contributed by atoms with Crippen LogP contribution in [0.15, 0.2) is 109 Å². The number of likely N-dealkylation sites (N-methyl/N-ethyl adjacent to an activating group) is 1. The number of halogens is 4. The minimum Gasteiger partial charge on any atom is -0.497 e. The van der Waals surface area contributed by atoms with Gasteiger partial charge < -0.3 is 91.2 Å². The molecule has 5 aliphatic heterocycles. The Bertz CT molecular complexity index is 4780. The average molecular weight is 1810 g/mol. The maximum Gasteiger partial charge on any atom is 0.497 e. The summed E-state index contributed by atoms with van der Waals surface area (Å²) in [5.41, 5.74) is 3.40. The number of carbonyl (C=O) groups is 13. The third-order valence-corrected chi connectivity index (χ3v) is 23.8. The molecule has 3 fully saturated rings. The Morgan fingerprint density at radius 2 is 1.40 bits per heavy atom. The predicted octanol–water partition coefficient (Wildman–Crippen LogP) is 3.08. The molecule has 12 amide bonds. The number of benzene rings is 4. The van der Waals surface area contributed by atoms with Crippen molar-refractivity contribution in [1.29, 1.82) is 0 Å². The van der Waals surface area contributed by atoms with E-state index >= 15 is 23.6 Å². The van der Waals surface area contributed by atoms with Crippen molar-refractivity contribution in [1.82, 2.24) is 72.0 Å². The Morgan fingerprint density at radius 3 is 2.14 bits per heavy atom. The second-order valence-corrected chi connectivity index (χ2v) is 34.2. The Hall–Kier alpha value is -11.4. The van der Waals surface area contributed by atoms with E-state index in [1.165, 1.54) is 57.0 Å². The standard InChI is InChI=1S/C91H121F4N15O19/c1-58-76-32-41-108(58)86(121)72-50-66-55-106(75-30-27-67(92)51-69(66)75)38-12-9-8-11-36-105(54-63-23-21-61(22-24-63)31-35-96-88(123)90(4)34-16-40-109(90)87(122)71(48-62-25-28-68(125-7)29-26-62)103-85(120)81(59(2)111)99-60(3)112)37-15-20-78(114)100-74-56-107(80(116)33-43-126-45-46-127-44-42-110(5,6)129-89(124)91(93,94)95)39-13-10-19-77(113)98-53-73(104-84(74)119)83(118)101-70(82(117)102-72)49-64-17-14-18-65(47-64)52-97-79(115)57-128-76/h9,12,14,17-18,21-30,47,51,55,58-59,70-74,76,81,111H,8,10-11,13,15-16,19-20,31-46,48-50,52-54,56-57H2,1-7H3,(H8-,96,97,98,99,100,101,102,103,104,112,113,114,115,117,118,119,120,123)/p+1/b12-9+/t58-,59-,70+,71+,72+,73-,74+,76+,81+,90+/m1/s1. The van der Waals surface area contributed by atoms with Gasteiger partial charge in [-0.05, 0) is 155 Å². The number of nitrogens with one attached hydrogen (secondary N) is 9. The molecule has 1 aromatic heterocycles. The van der Waals surface area contributed by atoms with E-state index in [-0.39, 0.29) is 130 Å². The largest absolute Gasteiger partial charge is 0.497 e. The van der Waals surface area contributed by atoms with Crippen LogP contribution < -0.4 is 52.6 Å². The Morgan fingerprint density at radius 1 is 0.713 bits per heavy atom. The lowest BCUT2D eigenvalue weighted by Crippen LogP contribution is -2.62. The molecule has 0 aliphatic carbocycles. The summed E-state index contributed by atoms with van der Waals surface area (Å²) in [6, 6.07) is 16.7. The fraction of sp³-hybridized carbons (Fsp3) is 0.549. The number of fused-ring (bicyclic) bond motifs is 15. The molecule has 3 saturated heterocycles. The highest BCUT2D eigenvalue weighted by molar-refractivity contribution is 5.99. The van der Waals surface area contributed by atoms with E-state index < -0.39 is 167 Å². The third-order valence-electron chi connectivity index (χ3n) is 23.8. The van der Waals surface area contributed by atoms with Crippen LogP contribution in [-0.2, 0) is 127 Å². The van der Waals surface area contributed by atoms with E-state index in [1.807, 2.05) is 47.2 Å². The maximum atomic E-state index is 15.6. The predicted molar refractivity (Wildman–Crippen MR) is 463 cm³/mol. The number of rotatable bonds is 24. The van der Waals surface area contributed by atoms with Gasteiger partial charge in [-0.3, -0.25) is 67.3 Å². The third kappa shape index (κ3) is 29.5. The molecule has 0 unspecified atom stereocenters. The van der Waals surface area contributed by atoms with Crippen molar-refractivity contribution in [2.75, 3.05) is 113 Å². The molecule has 10 N–H and O–H groups in total. The number of ether oxygens (including phenoxy) is 4. The van der Waals surface area contributed by atoms with Gasteiger partial charge in [0.25, 0.3) is 0 Å². The highest BCUT2D eigenvalue weighted by atomic mass is 19.4. The molecule has 6 heterocycles. The van der Waals surface area contributed by atoms with Gasteiger partial charge in [0.15, 0.2) is 0 Å². The van der Waals surface area contributed by atoms with E-state index in [2.05, 4.69) is 57.6 Å². The highest BCUT2D eigenvalue weighted by Crippen LogP contribution is 2.32. The van der Waals surface area contributed by atoms with Gasteiger partial charge >= 0.3 is 12.1 Å². The van der Waals surface area contributed by atoms with Gasteiger partial charge in [-0.2, -0.15) is 13.2 Å². The maximum absolute atomic E-state index is 15.6. The second-order valence-electron chi connectivity index (χ2n) is 34.2. The molecule has 702 valence electrons. The van der Waals surface area contributed by atoms with Gasteiger partial charge in [0.2, 0.25) is 70.9 Å². The van der Waals surface area contributed by atoms with Crippen LogP contribution in [0.4, 0.5) is 17.6 Å². The number of nitrogens with zero attached hydrogens (tertiary/aromatic N) is 6. The molecule has 10 atom stereocenters. The first-order chi connectivity index (χ1) is 61.5. The van der Waals surface area contributed by atoms with Crippen molar-refractivity contribution in [3.63, 3.8) is 0 Å². The van der Waals surface area contributed by atoms with Crippen molar-refractivity contribution in [2.45, 2.75) is 210 Å². The average Bonchev–Trinajstić information content (AvgIpc) is 1.65. The first-order valence-electron chi connectivity index (χ1n) is 44.0. The molecule has 5 aliphatic rings. The van der Waals surface area contributed by atoms with Crippen molar-refractivity contribution < 1.29 is 113 Å². The smallest absolute Gasteiger partial charge is 0.497 e. The number of aliphatic hydroxyl groups excluding tert-OH is 1. The van der Waals surface area contributed by atoms with Gasteiger partial charge in [-0.1, -0.05) is 72.8 Å². The molecule has 5 aromatic rings. The SMILES string of the molecule is COc1ccc(C[C@H](NC(=O)[C@@H](NC(C)=O)[C@@H](C)O)C(=O)N2CCC[C@@]2(C)C(=O)NCCc2ccc(CN3CCC/C=C/Cn4cc(c5cc(F)ccc54)C[C@@H]4NC(=O)[C@H](Cc5cccc(c5)CNC(=O)CO[C@H]5CCN(C4=O)[C@@H]5C)NC(=O)[C@H]4CNC(=O)CCCCN(C(=O)CCOCCOCC[N+](C)(C)OC(=O)C(F)(F)F)C[C@H](NC(=O)CCC3)C(=O)N4)cc2)cc1. The van der Waals surface area contributed by atoms with Crippen LogP contribution in [0.3, 0.4) is 0 Å². The van der Waals surface area contributed by atoms with Crippen LogP contribution in [0, 0.1) is 5.82 Å². The molecule has 10 bridgehead atoms. The summed E-state index contributed by atoms with van der Waals surface area (Å²) in [5, 5.41) is 36.2. The zero-order chi connectivity index (χ0) is 93.1. The normalized spacial score (nSPS) is 22.5. The molecule has 10 rings (SSSR count). The molecule has 38 heteroatoms. The lowest BCUT2D eigenvalue weighted by atomic mass is 9.95. The molecule has 0 saturated carbocycles. The Kier molecular flexibility index (Phi) is 36.5. The van der Waals surface area contributed by atoms with E-state index in [9.17, 15) is 61.4 Å². The number of amides is 12. The fourth-order valence-electron chi connectivity index (χ4n) is 16.5.